The maximum atomic E-state index is 2.63. The average Bonchev–Trinajstić information content (AvgIpc) is 4.52. The quantitative estimate of drug-likeness (QED) is 0.167. The molecule has 19 aromatic rings. The topological polar surface area (TPSA) is 18.7 Å². The number of hydrogen-bond donors (Lipinski definition) is 0. The number of benzene rings is 13. The van der Waals surface area contributed by atoms with Gasteiger partial charge < -0.3 is 17.9 Å². The zero-order valence-electron chi connectivity index (χ0n) is 42.0. The molecule has 0 aliphatic carbocycles. The van der Waals surface area contributed by atoms with Gasteiger partial charge in [-0.25, -0.2) is 0 Å². The first-order chi connectivity index (χ1) is 38.7. The molecule has 358 valence electrons. The SMILES string of the molecule is c1ccc(-n2c3ccccc3c3cc(-c4c5ccccc5cc5c6cccc7c8c9c%10cccc%11c%12c%13ccccc%13cc(-c%13ccc%14c(c%13)c%13ccccc%13n%14-c%13ccccc%13)c%12n(c9ccc8n(c45)c67)c%10%11)ccc32)cc1. The van der Waals surface area contributed by atoms with E-state index in [0.29, 0.717) is 0 Å². The molecule has 0 aliphatic rings. The summed E-state index contributed by atoms with van der Waals surface area (Å²) < 4.78 is 10.1. The second kappa shape index (κ2) is 14.7. The van der Waals surface area contributed by atoms with E-state index >= 15 is 0 Å². The maximum absolute atomic E-state index is 2.63. The number of aromatic nitrogens is 4. The normalized spacial score (nSPS) is 12.6. The van der Waals surface area contributed by atoms with Gasteiger partial charge in [0.2, 0.25) is 0 Å². The van der Waals surface area contributed by atoms with Crippen molar-refractivity contribution in [3.8, 4) is 33.6 Å². The molecule has 0 radical (unpaired) electrons. The molecule has 4 nitrogen and oxygen atoms in total. The Balaban J connectivity index is 0.923. The van der Waals surface area contributed by atoms with E-state index < -0.39 is 0 Å². The fourth-order valence-electron chi connectivity index (χ4n) is 14.7. The maximum Gasteiger partial charge on any atom is 0.0626 e. The summed E-state index contributed by atoms with van der Waals surface area (Å²) in [5.74, 6) is 0. The van der Waals surface area contributed by atoms with Crippen LogP contribution in [0.4, 0.5) is 0 Å². The van der Waals surface area contributed by atoms with Gasteiger partial charge in [-0.2, -0.15) is 0 Å². The Labute approximate surface area is 445 Å². The van der Waals surface area contributed by atoms with Gasteiger partial charge in [-0.3, -0.25) is 0 Å². The van der Waals surface area contributed by atoms with Crippen molar-refractivity contribution in [3.63, 3.8) is 0 Å². The lowest BCUT2D eigenvalue weighted by Gasteiger charge is -2.13. The third-order valence-corrected chi connectivity index (χ3v) is 17.7. The summed E-state index contributed by atoms with van der Waals surface area (Å²) in [4.78, 5) is 0. The number of para-hydroxylation sites is 6. The van der Waals surface area contributed by atoms with E-state index in [1.807, 2.05) is 0 Å². The minimum atomic E-state index is 1.16. The van der Waals surface area contributed by atoms with Gasteiger partial charge in [0.15, 0.2) is 0 Å². The number of rotatable bonds is 4. The van der Waals surface area contributed by atoms with Crippen LogP contribution in [0.1, 0.15) is 0 Å². The highest BCUT2D eigenvalue weighted by Crippen LogP contribution is 2.52. The fourth-order valence-corrected chi connectivity index (χ4v) is 14.7. The van der Waals surface area contributed by atoms with E-state index in [1.54, 1.807) is 0 Å². The molecular formula is C74H42N4. The summed E-state index contributed by atoms with van der Waals surface area (Å²) in [6, 6.07) is 95.4. The molecule has 0 aliphatic heterocycles. The van der Waals surface area contributed by atoms with Gasteiger partial charge in [-0.1, -0.05) is 170 Å². The molecule has 0 saturated carbocycles. The molecule has 6 aromatic heterocycles. The first-order valence-electron chi connectivity index (χ1n) is 27.1. The third kappa shape index (κ3) is 5.06. The lowest BCUT2D eigenvalue weighted by Crippen LogP contribution is -1.93. The first-order valence-corrected chi connectivity index (χ1v) is 27.1. The van der Waals surface area contributed by atoms with Gasteiger partial charge in [0.1, 0.15) is 0 Å². The van der Waals surface area contributed by atoms with Crippen LogP contribution in [0.3, 0.4) is 0 Å². The van der Waals surface area contributed by atoms with Crippen LogP contribution in [0.15, 0.2) is 255 Å². The Kier molecular flexibility index (Phi) is 7.71. The molecule has 0 unspecified atom stereocenters. The molecule has 0 fully saturated rings. The van der Waals surface area contributed by atoms with Gasteiger partial charge in [-0.15, -0.1) is 0 Å². The zero-order valence-corrected chi connectivity index (χ0v) is 42.0. The van der Waals surface area contributed by atoms with Crippen molar-refractivity contribution in [2.24, 2.45) is 0 Å². The Hall–Kier alpha value is -10.4. The number of nitrogens with zero attached hydrogens (tertiary/aromatic N) is 4. The van der Waals surface area contributed by atoms with Crippen LogP contribution in [-0.4, -0.2) is 17.9 Å². The van der Waals surface area contributed by atoms with E-state index in [-0.39, 0.29) is 0 Å². The van der Waals surface area contributed by atoms with Crippen molar-refractivity contribution in [3.05, 3.63) is 255 Å². The van der Waals surface area contributed by atoms with Crippen molar-refractivity contribution in [2.45, 2.75) is 0 Å². The molecule has 13 aromatic carbocycles. The molecule has 4 heteroatoms. The Morgan fingerprint density at radius 2 is 0.654 bits per heavy atom. The molecule has 0 amide bonds. The van der Waals surface area contributed by atoms with E-state index in [2.05, 4.69) is 273 Å². The van der Waals surface area contributed by atoms with Gasteiger partial charge in [0.25, 0.3) is 0 Å². The van der Waals surface area contributed by atoms with Crippen LogP contribution < -0.4 is 0 Å². The predicted molar refractivity (Wildman–Crippen MR) is 330 cm³/mol. The molecule has 0 saturated heterocycles. The molecule has 78 heavy (non-hydrogen) atoms. The molecule has 0 bridgehead atoms. The van der Waals surface area contributed by atoms with Crippen molar-refractivity contribution in [2.75, 3.05) is 0 Å². The van der Waals surface area contributed by atoms with Crippen molar-refractivity contribution >= 4 is 141 Å². The minimum absolute atomic E-state index is 1.16. The van der Waals surface area contributed by atoms with Gasteiger partial charge in [0.05, 0.1) is 55.2 Å². The highest BCUT2D eigenvalue weighted by molar-refractivity contribution is 6.38. The number of hydrogen-bond acceptors (Lipinski definition) is 0. The fraction of sp³-hybridized carbons (Fsp3) is 0. The standard InChI is InChI=1S/C74H42N4/c1-3-19-47(20-4-1)75-61-31-13-11-25-51(61)58-40-45(33-35-63(58)75)57-39-43-17-8-10-24-50(43)68-54-28-16-30-56-70-66(78(72(54)56)73(57)68)38-37-65-69(70)55-29-15-27-53-60-41-44-18-7-9-23-49(44)67(74(60)77(65)71(53)55)46-34-36-64-59(42-46)52-26-12-14-32-62(52)76(64)48-21-5-2-6-22-48/h1-42H. The van der Waals surface area contributed by atoms with Crippen LogP contribution in [0, 0.1) is 0 Å². The highest BCUT2D eigenvalue weighted by Gasteiger charge is 2.28. The van der Waals surface area contributed by atoms with Crippen LogP contribution in [0.2, 0.25) is 0 Å². The summed E-state index contributed by atoms with van der Waals surface area (Å²) in [6.07, 6.45) is 0. The van der Waals surface area contributed by atoms with Gasteiger partial charge in [-0.05, 0) is 118 Å². The van der Waals surface area contributed by atoms with Gasteiger partial charge in [0, 0.05) is 87.1 Å². The third-order valence-electron chi connectivity index (χ3n) is 17.7. The molecule has 19 rings (SSSR count). The summed E-state index contributed by atoms with van der Waals surface area (Å²) in [5, 5.41) is 20.3. The van der Waals surface area contributed by atoms with E-state index in [4.69, 9.17) is 0 Å². The van der Waals surface area contributed by atoms with Crippen LogP contribution in [0.5, 0.6) is 0 Å². The van der Waals surface area contributed by atoms with Crippen LogP contribution in [0.25, 0.3) is 175 Å². The van der Waals surface area contributed by atoms with Gasteiger partial charge >= 0.3 is 0 Å². The first kappa shape index (κ1) is 40.9. The van der Waals surface area contributed by atoms with Crippen molar-refractivity contribution in [1.82, 2.24) is 17.9 Å². The van der Waals surface area contributed by atoms with Crippen LogP contribution >= 0.6 is 0 Å². The summed E-state index contributed by atoms with van der Waals surface area (Å²) in [6.45, 7) is 0. The average molecular weight is 987 g/mol. The monoisotopic (exact) mass is 986 g/mol. The smallest absolute Gasteiger partial charge is 0.0626 e. The predicted octanol–water partition coefficient (Wildman–Crippen LogP) is 19.8. The molecule has 0 N–H and O–H groups in total. The molecule has 6 heterocycles. The Bertz CT molecular complexity index is 5750. The van der Waals surface area contributed by atoms with E-state index in [1.165, 1.54) is 164 Å². The lowest BCUT2D eigenvalue weighted by atomic mass is 9.93. The second-order valence-corrected chi connectivity index (χ2v) is 21.5. The van der Waals surface area contributed by atoms with E-state index in [0.717, 1.165) is 11.4 Å². The Morgan fingerprint density at radius 1 is 0.218 bits per heavy atom. The van der Waals surface area contributed by atoms with Crippen molar-refractivity contribution < 1.29 is 0 Å². The van der Waals surface area contributed by atoms with Crippen LogP contribution in [-0.2, 0) is 0 Å². The Morgan fingerprint density at radius 3 is 1.28 bits per heavy atom. The molecule has 0 spiro atoms. The minimum Gasteiger partial charge on any atom is -0.309 e. The molecule has 0 atom stereocenters. The summed E-state index contributed by atoms with van der Waals surface area (Å²) in [7, 11) is 0. The zero-order chi connectivity index (χ0) is 50.5. The largest absolute Gasteiger partial charge is 0.309 e. The van der Waals surface area contributed by atoms with E-state index in [9.17, 15) is 0 Å². The second-order valence-electron chi connectivity index (χ2n) is 21.5. The van der Waals surface area contributed by atoms with Crippen molar-refractivity contribution in [1.29, 1.82) is 0 Å². The molecular weight excluding hydrogens is 945 g/mol. The summed E-state index contributed by atoms with van der Waals surface area (Å²) in [5.41, 5.74) is 19.6. The number of fused-ring (bicyclic) bond motifs is 22. The highest BCUT2D eigenvalue weighted by atomic mass is 15.0. The lowest BCUT2D eigenvalue weighted by molar-refractivity contribution is 1.18. The summed E-state index contributed by atoms with van der Waals surface area (Å²) >= 11 is 0.